The van der Waals surface area contributed by atoms with E-state index in [2.05, 4.69) is 15.5 Å². The van der Waals surface area contributed by atoms with Crippen molar-refractivity contribution in [3.8, 4) is 17.1 Å². The van der Waals surface area contributed by atoms with Gasteiger partial charge in [-0.25, -0.2) is 4.68 Å². The molecular weight excluding hydrogens is 270 g/mol. The Hall–Kier alpha value is -2.15. The molecule has 1 aromatic heterocycles. The number of rotatable bonds is 4. The van der Waals surface area contributed by atoms with Gasteiger partial charge in [-0.15, -0.1) is 5.10 Å². The molecular formula is C14H19N5O2. The van der Waals surface area contributed by atoms with Crippen molar-refractivity contribution in [2.45, 2.75) is 31.4 Å². The number of hydrogen-bond acceptors (Lipinski definition) is 6. The number of hydrogen-bond donors (Lipinski definition) is 1. The van der Waals surface area contributed by atoms with Gasteiger partial charge >= 0.3 is 0 Å². The van der Waals surface area contributed by atoms with E-state index in [0.29, 0.717) is 11.5 Å². The van der Waals surface area contributed by atoms with Crippen LogP contribution in [0.3, 0.4) is 0 Å². The first-order valence-electron chi connectivity index (χ1n) is 6.97. The van der Waals surface area contributed by atoms with Crippen LogP contribution in [0.2, 0.25) is 0 Å². The smallest absolute Gasteiger partial charge is 0.184 e. The molecule has 7 nitrogen and oxygen atoms in total. The monoisotopic (exact) mass is 289 g/mol. The Labute approximate surface area is 123 Å². The molecule has 1 fully saturated rings. The summed E-state index contributed by atoms with van der Waals surface area (Å²) in [5.41, 5.74) is 7.49. The molecule has 3 rings (SSSR count). The molecule has 2 unspecified atom stereocenters. The van der Waals surface area contributed by atoms with Crippen LogP contribution >= 0.6 is 0 Å². The predicted octanol–water partition coefficient (Wildman–Crippen LogP) is 1.67. The molecule has 0 radical (unpaired) electrons. The highest BCUT2D eigenvalue weighted by molar-refractivity contribution is 5.73. The second-order valence-electron chi connectivity index (χ2n) is 5.22. The summed E-state index contributed by atoms with van der Waals surface area (Å²) < 4.78 is 12.5. The van der Waals surface area contributed by atoms with E-state index >= 15 is 0 Å². The molecule has 1 aliphatic rings. The summed E-state index contributed by atoms with van der Waals surface area (Å²) in [5, 5.41) is 12.1. The number of tetrazole rings is 1. The minimum Gasteiger partial charge on any atom is -0.497 e. The van der Waals surface area contributed by atoms with Crippen molar-refractivity contribution in [1.82, 2.24) is 20.2 Å². The van der Waals surface area contributed by atoms with E-state index in [-0.39, 0.29) is 12.1 Å². The molecule has 0 amide bonds. The van der Waals surface area contributed by atoms with Crippen molar-refractivity contribution in [2.24, 2.45) is 0 Å². The Balaban J connectivity index is 1.96. The fourth-order valence-electron chi connectivity index (χ4n) is 2.83. The molecule has 21 heavy (non-hydrogen) atoms. The number of aromatic nitrogens is 4. The van der Waals surface area contributed by atoms with Crippen LogP contribution < -0.4 is 10.5 Å². The van der Waals surface area contributed by atoms with Gasteiger partial charge in [0.2, 0.25) is 0 Å². The quantitative estimate of drug-likeness (QED) is 0.861. The third-order valence-corrected chi connectivity index (χ3v) is 4.03. The SMILES string of the molecule is COc1ccc(N)c(-c2nnnn2C2CCC(OC)C2)c1. The molecule has 0 spiro atoms. The average molecular weight is 289 g/mol. The average Bonchev–Trinajstić information content (AvgIpc) is 3.16. The van der Waals surface area contributed by atoms with Crippen molar-refractivity contribution in [3.63, 3.8) is 0 Å². The largest absolute Gasteiger partial charge is 0.497 e. The molecule has 0 bridgehead atoms. The third-order valence-electron chi connectivity index (χ3n) is 4.03. The molecule has 2 N–H and O–H groups in total. The number of benzene rings is 1. The second-order valence-corrected chi connectivity index (χ2v) is 5.22. The fraction of sp³-hybridized carbons (Fsp3) is 0.500. The highest BCUT2D eigenvalue weighted by Crippen LogP contribution is 2.35. The zero-order valence-electron chi connectivity index (χ0n) is 12.2. The van der Waals surface area contributed by atoms with Gasteiger partial charge in [-0.3, -0.25) is 0 Å². The Morgan fingerprint density at radius 1 is 1.29 bits per heavy atom. The number of ether oxygens (including phenoxy) is 2. The minimum atomic E-state index is 0.241. The van der Waals surface area contributed by atoms with E-state index < -0.39 is 0 Å². The fourth-order valence-corrected chi connectivity index (χ4v) is 2.83. The topological polar surface area (TPSA) is 88.1 Å². The van der Waals surface area contributed by atoms with Crippen molar-refractivity contribution < 1.29 is 9.47 Å². The number of nitrogen functional groups attached to an aromatic ring is 1. The lowest BCUT2D eigenvalue weighted by Gasteiger charge is -2.14. The zero-order chi connectivity index (χ0) is 14.8. The van der Waals surface area contributed by atoms with Gasteiger partial charge in [-0.2, -0.15) is 0 Å². The maximum atomic E-state index is 6.07. The van der Waals surface area contributed by atoms with Crippen molar-refractivity contribution in [2.75, 3.05) is 20.0 Å². The Kier molecular flexibility index (Phi) is 3.74. The molecule has 0 aliphatic heterocycles. The van der Waals surface area contributed by atoms with E-state index in [1.807, 2.05) is 16.8 Å². The molecule has 1 aromatic carbocycles. The van der Waals surface area contributed by atoms with Crippen LogP contribution in [0.1, 0.15) is 25.3 Å². The summed E-state index contributed by atoms with van der Waals surface area (Å²) in [4.78, 5) is 0. The Morgan fingerprint density at radius 2 is 2.14 bits per heavy atom. The summed E-state index contributed by atoms with van der Waals surface area (Å²) in [6.07, 6.45) is 3.21. The van der Waals surface area contributed by atoms with E-state index in [1.54, 1.807) is 20.3 Å². The third kappa shape index (κ3) is 2.56. The lowest BCUT2D eigenvalue weighted by atomic mass is 10.1. The lowest BCUT2D eigenvalue weighted by Crippen LogP contribution is -2.12. The first-order chi connectivity index (χ1) is 10.2. The summed E-state index contributed by atoms with van der Waals surface area (Å²) in [5.74, 6) is 1.41. The molecule has 2 aromatic rings. The van der Waals surface area contributed by atoms with Gasteiger partial charge < -0.3 is 15.2 Å². The van der Waals surface area contributed by atoms with E-state index in [0.717, 1.165) is 30.6 Å². The summed E-state index contributed by atoms with van der Waals surface area (Å²) in [6, 6.07) is 5.73. The maximum absolute atomic E-state index is 6.07. The van der Waals surface area contributed by atoms with Crippen LogP contribution in [0.4, 0.5) is 5.69 Å². The van der Waals surface area contributed by atoms with Crippen LogP contribution in [0.15, 0.2) is 18.2 Å². The molecule has 1 aliphatic carbocycles. The highest BCUT2D eigenvalue weighted by Gasteiger charge is 2.29. The van der Waals surface area contributed by atoms with Gasteiger partial charge in [-0.05, 0) is 47.9 Å². The highest BCUT2D eigenvalue weighted by atomic mass is 16.5. The van der Waals surface area contributed by atoms with E-state index in [1.165, 1.54) is 0 Å². The van der Waals surface area contributed by atoms with Crippen molar-refractivity contribution >= 4 is 5.69 Å². The van der Waals surface area contributed by atoms with Crippen LogP contribution in [-0.2, 0) is 4.74 Å². The first kappa shape index (κ1) is 13.8. The molecule has 0 saturated heterocycles. The summed E-state index contributed by atoms with van der Waals surface area (Å²) >= 11 is 0. The lowest BCUT2D eigenvalue weighted by molar-refractivity contribution is 0.105. The van der Waals surface area contributed by atoms with Gasteiger partial charge in [0, 0.05) is 18.4 Å². The van der Waals surface area contributed by atoms with Crippen LogP contribution in [0, 0.1) is 0 Å². The molecule has 1 saturated carbocycles. The Morgan fingerprint density at radius 3 is 2.86 bits per heavy atom. The molecule has 1 heterocycles. The number of nitrogens with two attached hydrogens (primary N) is 1. The van der Waals surface area contributed by atoms with Crippen molar-refractivity contribution in [3.05, 3.63) is 18.2 Å². The van der Waals surface area contributed by atoms with E-state index in [9.17, 15) is 0 Å². The zero-order valence-corrected chi connectivity index (χ0v) is 12.2. The number of methoxy groups -OCH3 is 2. The van der Waals surface area contributed by atoms with Crippen LogP contribution in [0.5, 0.6) is 5.75 Å². The van der Waals surface area contributed by atoms with Gasteiger partial charge in [0.15, 0.2) is 5.82 Å². The van der Waals surface area contributed by atoms with Gasteiger partial charge in [0.1, 0.15) is 5.75 Å². The summed E-state index contributed by atoms with van der Waals surface area (Å²) in [6.45, 7) is 0. The second kappa shape index (κ2) is 5.69. The molecule has 2 atom stereocenters. The summed E-state index contributed by atoms with van der Waals surface area (Å²) in [7, 11) is 3.37. The van der Waals surface area contributed by atoms with Crippen LogP contribution in [-0.4, -0.2) is 40.5 Å². The standard InChI is InChI=1S/C14H19N5O2/c1-20-10-4-3-9(7-10)19-14(16-17-18-19)12-8-11(21-2)5-6-13(12)15/h5-6,8-10H,3-4,7,15H2,1-2H3. The minimum absolute atomic E-state index is 0.241. The Bertz CT molecular complexity index is 628. The first-order valence-corrected chi connectivity index (χ1v) is 6.97. The normalized spacial score (nSPS) is 21.6. The predicted molar refractivity (Wildman–Crippen MR) is 77.9 cm³/mol. The molecule has 112 valence electrons. The number of nitrogens with zero attached hydrogens (tertiary/aromatic N) is 4. The van der Waals surface area contributed by atoms with Gasteiger partial charge in [-0.1, -0.05) is 0 Å². The van der Waals surface area contributed by atoms with Crippen LogP contribution in [0.25, 0.3) is 11.4 Å². The maximum Gasteiger partial charge on any atom is 0.184 e. The van der Waals surface area contributed by atoms with E-state index in [4.69, 9.17) is 15.2 Å². The number of anilines is 1. The van der Waals surface area contributed by atoms with Gasteiger partial charge in [0.25, 0.3) is 0 Å². The van der Waals surface area contributed by atoms with Crippen molar-refractivity contribution in [1.29, 1.82) is 0 Å². The molecule has 7 heteroatoms. The van der Waals surface area contributed by atoms with Gasteiger partial charge in [0.05, 0.1) is 19.3 Å².